The molecule has 4 nitrogen and oxygen atoms in total. The first kappa shape index (κ1) is 13.6. The third-order valence-corrected chi connectivity index (χ3v) is 3.93. The summed E-state index contributed by atoms with van der Waals surface area (Å²) in [5.41, 5.74) is 3.41. The summed E-state index contributed by atoms with van der Waals surface area (Å²) in [6, 6.07) is 9.30. The fourth-order valence-corrected chi connectivity index (χ4v) is 2.72. The van der Waals surface area contributed by atoms with Crippen LogP contribution in [0.25, 0.3) is 0 Å². The molecule has 0 fully saturated rings. The summed E-state index contributed by atoms with van der Waals surface area (Å²) in [6.07, 6.45) is 5.61. The number of carbonyl (C=O) groups excluding carboxylic acids is 1. The van der Waals surface area contributed by atoms with Crippen molar-refractivity contribution < 1.29 is 9.90 Å². The Kier molecular flexibility index (Phi) is 3.86. The van der Waals surface area contributed by atoms with E-state index in [4.69, 9.17) is 0 Å². The van der Waals surface area contributed by atoms with Crippen LogP contribution in [0.4, 0.5) is 0 Å². The fourth-order valence-electron chi connectivity index (χ4n) is 2.72. The predicted octanol–water partition coefficient (Wildman–Crippen LogP) is 2.30. The van der Waals surface area contributed by atoms with E-state index in [9.17, 15) is 9.90 Å². The lowest BCUT2D eigenvalue weighted by Gasteiger charge is -2.29. The van der Waals surface area contributed by atoms with Crippen molar-refractivity contribution >= 4 is 5.91 Å². The second kappa shape index (κ2) is 5.95. The van der Waals surface area contributed by atoms with Gasteiger partial charge in [0.05, 0.1) is 0 Å². The molecule has 1 aliphatic rings. The molecule has 0 saturated carbocycles. The summed E-state index contributed by atoms with van der Waals surface area (Å²) in [6.45, 7) is 1.35. The molecule has 1 N–H and O–H groups in total. The summed E-state index contributed by atoms with van der Waals surface area (Å²) in [7, 11) is 0. The number of rotatable bonds is 3. The van der Waals surface area contributed by atoms with Gasteiger partial charge in [0, 0.05) is 31.9 Å². The monoisotopic (exact) mass is 282 g/mol. The molecule has 2 heterocycles. The van der Waals surface area contributed by atoms with Gasteiger partial charge in [0.15, 0.2) is 0 Å². The highest BCUT2D eigenvalue weighted by molar-refractivity contribution is 5.76. The average molecular weight is 282 g/mol. The standard InChI is InChI=1S/C17H18N2O2/c20-16-3-2-14-7-10-19(12-15(14)11-16)17(21)4-1-13-5-8-18-9-6-13/h2-3,5-6,8-9,11,20H,1,4,7,10,12H2. The van der Waals surface area contributed by atoms with Crippen molar-refractivity contribution in [3.63, 3.8) is 0 Å². The first-order valence-corrected chi connectivity index (χ1v) is 7.20. The normalized spacial score (nSPS) is 13.8. The van der Waals surface area contributed by atoms with Crippen molar-refractivity contribution in [3.8, 4) is 5.75 Å². The molecule has 0 spiro atoms. The third kappa shape index (κ3) is 3.21. The molecule has 1 amide bonds. The van der Waals surface area contributed by atoms with Crippen LogP contribution in [0.1, 0.15) is 23.1 Å². The summed E-state index contributed by atoms with van der Waals surface area (Å²) >= 11 is 0. The number of carbonyl (C=O) groups is 1. The van der Waals surface area contributed by atoms with Crippen LogP contribution in [0.2, 0.25) is 0 Å². The molecule has 0 atom stereocenters. The van der Waals surface area contributed by atoms with Crippen LogP contribution < -0.4 is 0 Å². The Morgan fingerprint density at radius 3 is 2.81 bits per heavy atom. The number of fused-ring (bicyclic) bond motifs is 1. The Balaban J connectivity index is 1.61. The quantitative estimate of drug-likeness (QED) is 0.940. The van der Waals surface area contributed by atoms with Crippen molar-refractivity contribution in [2.75, 3.05) is 6.54 Å². The molecule has 1 aliphatic heterocycles. The summed E-state index contributed by atoms with van der Waals surface area (Å²) in [5.74, 6) is 0.431. The predicted molar refractivity (Wildman–Crippen MR) is 79.8 cm³/mol. The molecular formula is C17H18N2O2. The number of pyridine rings is 1. The molecule has 21 heavy (non-hydrogen) atoms. The molecule has 0 radical (unpaired) electrons. The van der Waals surface area contributed by atoms with E-state index in [-0.39, 0.29) is 11.7 Å². The van der Waals surface area contributed by atoms with Crippen molar-refractivity contribution in [1.29, 1.82) is 0 Å². The molecule has 4 heteroatoms. The van der Waals surface area contributed by atoms with E-state index in [1.165, 1.54) is 5.56 Å². The van der Waals surface area contributed by atoms with Crippen molar-refractivity contribution in [1.82, 2.24) is 9.88 Å². The van der Waals surface area contributed by atoms with Crippen LogP contribution in [-0.4, -0.2) is 27.4 Å². The summed E-state index contributed by atoms with van der Waals surface area (Å²) in [5, 5.41) is 9.56. The molecule has 0 saturated heterocycles. The number of phenols is 1. The number of nitrogens with zero attached hydrogens (tertiary/aromatic N) is 2. The molecule has 108 valence electrons. The van der Waals surface area contributed by atoms with E-state index in [0.717, 1.165) is 30.5 Å². The van der Waals surface area contributed by atoms with E-state index in [1.807, 2.05) is 23.1 Å². The Morgan fingerprint density at radius 2 is 2.00 bits per heavy atom. The zero-order chi connectivity index (χ0) is 14.7. The lowest BCUT2D eigenvalue weighted by atomic mass is 9.99. The van der Waals surface area contributed by atoms with Gasteiger partial charge >= 0.3 is 0 Å². The van der Waals surface area contributed by atoms with Crippen molar-refractivity contribution in [2.24, 2.45) is 0 Å². The van der Waals surface area contributed by atoms with Gasteiger partial charge in [-0.3, -0.25) is 9.78 Å². The summed E-state index contributed by atoms with van der Waals surface area (Å²) < 4.78 is 0. The number of aryl methyl sites for hydroxylation is 1. The largest absolute Gasteiger partial charge is 0.508 e. The Morgan fingerprint density at radius 1 is 1.19 bits per heavy atom. The topological polar surface area (TPSA) is 53.4 Å². The van der Waals surface area contributed by atoms with E-state index < -0.39 is 0 Å². The first-order valence-electron chi connectivity index (χ1n) is 7.20. The van der Waals surface area contributed by atoms with Crippen LogP contribution in [0.15, 0.2) is 42.7 Å². The molecule has 3 rings (SSSR count). The Labute approximate surface area is 124 Å². The lowest BCUT2D eigenvalue weighted by molar-refractivity contribution is -0.132. The van der Waals surface area contributed by atoms with Gasteiger partial charge in [-0.25, -0.2) is 0 Å². The minimum atomic E-state index is 0.167. The minimum absolute atomic E-state index is 0.167. The zero-order valence-corrected chi connectivity index (χ0v) is 11.8. The van der Waals surface area contributed by atoms with Crippen LogP contribution in [-0.2, 0) is 24.2 Å². The fraction of sp³-hybridized carbons (Fsp3) is 0.294. The van der Waals surface area contributed by atoms with Gasteiger partial charge in [0.1, 0.15) is 5.75 Å². The third-order valence-electron chi connectivity index (χ3n) is 3.93. The number of hydrogen-bond acceptors (Lipinski definition) is 3. The minimum Gasteiger partial charge on any atom is -0.508 e. The highest BCUT2D eigenvalue weighted by Crippen LogP contribution is 2.23. The van der Waals surface area contributed by atoms with Crippen LogP contribution >= 0.6 is 0 Å². The van der Waals surface area contributed by atoms with Gasteiger partial charge < -0.3 is 10.0 Å². The highest BCUT2D eigenvalue weighted by Gasteiger charge is 2.20. The number of aromatic hydroxyl groups is 1. The lowest BCUT2D eigenvalue weighted by Crippen LogP contribution is -2.36. The Hall–Kier alpha value is -2.36. The van der Waals surface area contributed by atoms with Gasteiger partial charge in [0.25, 0.3) is 0 Å². The van der Waals surface area contributed by atoms with Crippen LogP contribution in [0.3, 0.4) is 0 Å². The van der Waals surface area contributed by atoms with E-state index in [2.05, 4.69) is 4.98 Å². The van der Waals surface area contributed by atoms with Gasteiger partial charge in [-0.2, -0.15) is 0 Å². The van der Waals surface area contributed by atoms with Gasteiger partial charge in [-0.05, 0) is 53.8 Å². The van der Waals surface area contributed by atoms with E-state index >= 15 is 0 Å². The van der Waals surface area contributed by atoms with Crippen molar-refractivity contribution in [3.05, 3.63) is 59.4 Å². The highest BCUT2D eigenvalue weighted by atomic mass is 16.3. The zero-order valence-electron chi connectivity index (χ0n) is 11.8. The maximum atomic E-state index is 12.3. The number of phenolic OH excluding ortho intramolecular Hbond substituents is 1. The second-order valence-corrected chi connectivity index (χ2v) is 5.37. The molecule has 0 unspecified atom stereocenters. The number of hydrogen-bond donors (Lipinski definition) is 1. The summed E-state index contributed by atoms with van der Waals surface area (Å²) in [4.78, 5) is 18.2. The average Bonchev–Trinajstić information content (AvgIpc) is 2.53. The van der Waals surface area contributed by atoms with Gasteiger partial charge in [-0.15, -0.1) is 0 Å². The van der Waals surface area contributed by atoms with Crippen molar-refractivity contribution in [2.45, 2.75) is 25.8 Å². The van der Waals surface area contributed by atoms with Crippen LogP contribution in [0, 0.1) is 0 Å². The van der Waals surface area contributed by atoms with Crippen LogP contribution in [0.5, 0.6) is 5.75 Å². The molecular weight excluding hydrogens is 264 g/mol. The molecule has 2 aromatic rings. The molecule has 1 aromatic carbocycles. The molecule has 1 aromatic heterocycles. The number of amides is 1. The van der Waals surface area contributed by atoms with Gasteiger partial charge in [-0.1, -0.05) is 6.07 Å². The molecule has 0 bridgehead atoms. The maximum absolute atomic E-state index is 12.3. The molecule has 0 aliphatic carbocycles. The number of benzene rings is 1. The second-order valence-electron chi connectivity index (χ2n) is 5.37. The SMILES string of the molecule is O=C(CCc1ccncc1)N1CCc2ccc(O)cc2C1. The smallest absolute Gasteiger partial charge is 0.223 e. The number of aromatic nitrogens is 1. The van der Waals surface area contributed by atoms with Gasteiger partial charge in [0.2, 0.25) is 5.91 Å². The maximum Gasteiger partial charge on any atom is 0.223 e. The first-order chi connectivity index (χ1) is 10.2. The van der Waals surface area contributed by atoms with E-state index in [0.29, 0.717) is 13.0 Å². The Bertz CT molecular complexity index is 640. The van der Waals surface area contributed by atoms with E-state index in [1.54, 1.807) is 24.5 Å².